The molecule has 1 aliphatic rings. The van der Waals surface area contributed by atoms with Crippen molar-refractivity contribution in [1.29, 1.82) is 0 Å². The topological polar surface area (TPSA) is 46.3 Å². The molecular formula is C12H24N2O. The summed E-state index contributed by atoms with van der Waals surface area (Å²) in [6, 6.07) is 0.0787. The van der Waals surface area contributed by atoms with Crippen molar-refractivity contribution < 1.29 is 4.79 Å². The Kier molecular flexibility index (Phi) is 4.58. The Balaban J connectivity index is 2.50. The normalized spacial score (nSPS) is 24.3. The Morgan fingerprint density at radius 1 is 1.47 bits per heavy atom. The third-order valence-electron chi connectivity index (χ3n) is 3.13. The minimum atomic E-state index is -0.300. The quantitative estimate of drug-likeness (QED) is 0.775. The van der Waals surface area contributed by atoms with Gasteiger partial charge in [0.25, 0.3) is 0 Å². The predicted octanol–water partition coefficient (Wildman–Crippen LogP) is 1.76. The van der Waals surface area contributed by atoms with Crippen LogP contribution >= 0.6 is 0 Å². The maximum atomic E-state index is 12.0. The fraction of sp³-hybridized carbons (Fsp3) is 0.917. The van der Waals surface area contributed by atoms with E-state index in [9.17, 15) is 4.79 Å². The van der Waals surface area contributed by atoms with Crippen molar-refractivity contribution in [2.45, 2.75) is 58.5 Å². The van der Waals surface area contributed by atoms with Gasteiger partial charge in [-0.25, -0.2) is 0 Å². The van der Waals surface area contributed by atoms with Crippen LogP contribution in [0.4, 0.5) is 0 Å². The summed E-state index contributed by atoms with van der Waals surface area (Å²) >= 11 is 0. The van der Waals surface area contributed by atoms with Crippen LogP contribution in [0.1, 0.15) is 46.5 Å². The van der Waals surface area contributed by atoms with Crippen LogP contribution in [0.5, 0.6) is 0 Å². The van der Waals surface area contributed by atoms with Gasteiger partial charge >= 0.3 is 0 Å². The summed E-state index contributed by atoms with van der Waals surface area (Å²) in [7, 11) is 0. The second-order valence-corrected chi connectivity index (χ2v) is 5.11. The smallest absolute Gasteiger partial charge is 0.239 e. The van der Waals surface area contributed by atoms with E-state index in [2.05, 4.69) is 20.8 Å². The molecule has 1 aliphatic heterocycles. The zero-order valence-corrected chi connectivity index (χ0v) is 10.2. The number of hydrogen-bond acceptors (Lipinski definition) is 2. The van der Waals surface area contributed by atoms with E-state index in [0.29, 0.717) is 12.0 Å². The number of carbonyl (C=O) groups is 1. The predicted molar refractivity (Wildman–Crippen MR) is 62.5 cm³/mol. The molecule has 0 aromatic rings. The van der Waals surface area contributed by atoms with Gasteiger partial charge in [0.15, 0.2) is 0 Å². The highest BCUT2D eigenvalue weighted by molar-refractivity contribution is 5.82. The SMILES string of the molecule is CC(C)C[C@H](N)C(=O)N1CCCCC1C. The number of rotatable bonds is 3. The summed E-state index contributed by atoms with van der Waals surface area (Å²) in [6.45, 7) is 7.23. The summed E-state index contributed by atoms with van der Waals surface area (Å²) in [5.41, 5.74) is 5.92. The number of nitrogens with zero attached hydrogens (tertiary/aromatic N) is 1. The van der Waals surface area contributed by atoms with Crippen LogP contribution in [-0.2, 0) is 4.79 Å². The molecule has 3 nitrogen and oxygen atoms in total. The van der Waals surface area contributed by atoms with Gasteiger partial charge in [0.1, 0.15) is 0 Å². The monoisotopic (exact) mass is 212 g/mol. The number of amides is 1. The van der Waals surface area contributed by atoms with E-state index in [0.717, 1.165) is 25.8 Å². The molecule has 3 heteroatoms. The number of likely N-dealkylation sites (tertiary alicyclic amines) is 1. The minimum absolute atomic E-state index is 0.149. The molecule has 0 spiro atoms. The third-order valence-corrected chi connectivity index (χ3v) is 3.13. The molecule has 1 amide bonds. The van der Waals surface area contributed by atoms with Gasteiger partial charge in [0, 0.05) is 12.6 Å². The standard InChI is InChI=1S/C12H24N2O/c1-9(2)8-11(13)12(15)14-7-5-4-6-10(14)3/h9-11H,4-8,13H2,1-3H3/t10?,11-/m0/s1. The lowest BCUT2D eigenvalue weighted by molar-refractivity contribution is -0.136. The van der Waals surface area contributed by atoms with Crippen molar-refractivity contribution in [2.24, 2.45) is 11.7 Å². The summed E-state index contributed by atoms with van der Waals surface area (Å²) in [5, 5.41) is 0. The molecule has 2 atom stereocenters. The van der Waals surface area contributed by atoms with Crippen molar-refractivity contribution in [2.75, 3.05) is 6.54 Å². The van der Waals surface area contributed by atoms with E-state index >= 15 is 0 Å². The Morgan fingerprint density at radius 3 is 2.67 bits per heavy atom. The maximum absolute atomic E-state index is 12.0. The molecular weight excluding hydrogens is 188 g/mol. The van der Waals surface area contributed by atoms with Gasteiger partial charge in [-0.1, -0.05) is 13.8 Å². The fourth-order valence-electron chi connectivity index (χ4n) is 2.25. The zero-order valence-electron chi connectivity index (χ0n) is 10.2. The van der Waals surface area contributed by atoms with Gasteiger partial charge < -0.3 is 10.6 Å². The molecule has 0 aliphatic carbocycles. The molecule has 1 heterocycles. The first kappa shape index (κ1) is 12.5. The summed E-state index contributed by atoms with van der Waals surface area (Å²) in [5.74, 6) is 0.639. The van der Waals surface area contributed by atoms with Gasteiger partial charge in [0.05, 0.1) is 6.04 Å². The Bertz CT molecular complexity index is 216. The van der Waals surface area contributed by atoms with Crippen molar-refractivity contribution in [3.63, 3.8) is 0 Å². The molecule has 0 bridgehead atoms. The van der Waals surface area contributed by atoms with E-state index in [1.54, 1.807) is 0 Å². The van der Waals surface area contributed by atoms with Crippen LogP contribution < -0.4 is 5.73 Å². The van der Waals surface area contributed by atoms with Gasteiger partial charge in [-0.2, -0.15) is 0 Å². The van der Waals surface area contributed by atoms with E-state index in [1.165, 1.54) is 6.42 Å². The summed E-state index contributed by atoms with van der Waals surface area (Å²) in [4.78, 5) is 14.0. The second kappa shape index (κ2) is 5.50. The molecule has 88 valence electrons. The highest BCUT2D eigenvalue weighted by atomic mass is 16.2. The average molecular weight is 212 g/mol. The van der Waals surface area contributed by atoms with Gasteiger partial charge in [0.2, 0.25) is 5.91 Å². The number of nitrogens with two attached hydrogens (primary N) is 1. The molecule has 0 radical (unpaired) electrons. The highest BCUT2D eigenvalue weighted by Gasteiger charge is 2.27. The van der Waals surface area contributed by atoms with Crippen LogP contribution in [0.15, 0.2) is 0 Å². The lowest BCUT2D eigenvalue weighted by Gasteiger charge is -2.35. The third kappa shape index (κ3) is 3.49. The van der Waals surface area contributed by atoms with Gasteiger partial charge in [-0.05, 0) is 38.5 Å². The van der Waals surface area contributed by atoms with Crippen LogP contribution in [-0.4, -0.2) is 29.4 Å². The average Bonchev–Trinajstić information content (AvgIpc) is 2.16. The van der Waals surface area contributed by atoms with Crippen LogP contribution in [0, 0.1) is 5.92 Å². The van der Waals surface area contributed by atoms with E-state index in [-0.39, 0.29) is 11.9 Å². The molecule has 0 saturated carbocycles. The van der Waals surface area contributed by atoms with Crippen molar-refractivity contribution in [3.05, 3.63) is 0 Å². The van der Waals surface area contributed by atoms with Crippen molar-refractivity contribution in [3.8, 4) is 0 Å². The maximum Gasteiger partial charge on any atom is 0.239 e. The zero-order chi connectivity index (χ0) is 11.4. The Labute approximate surface area is 93.0 Å². The molecule has 1 saturated heterocycles. The van der Waals surface area contributed by atoms with Gasteiger partial charge in [-0.15, -0.1) is 0 Å². The van der Waals surface area contributed by atoms with Gasteiger partial charge in [-0.3, -0.25) is 4.79 Å². The number of hydrogen-bond donors (Lipinski definition) is 1. The molecule has 1 fully saturated rings. The molecule has 0 aromatic carbocycles. The molecule has 0 aromatic heterocycles. The van der Waals surface area contributed by atoms with Crippen LogP contribution in [0.25, 0.3) is 0 Å². The molecule has 1 unspecified atom stereocenters. The summed E-state index contributed by atoms with van der Waals surface area (Å²) < 4.78 is 0. The van der Waals surface area contributed by atoms with E-state index in [1.807, 2.05) is 4.90 Å². The lowest BCUT2D eigenvalue weighted by atomic mass is 9.99. The molecule has 2 N–H and O–H groups in total. The fourth-order valence-corrected chi connectivity index (χ4v) is 2.25. The first-order valence-electron chi connectivity index (χ1n) is 6.08. The van der Waals surface area contributed by atoms with Crippen LogP contribution in [0.2, 0.25) is 0 Å². The first-order valence-corrected chi connectivity index (χ1v) is 6.08. The largest absolute Gasteiger partial charge is 0.339 e. The van der Waals surface area contributed by atoms with Crippen molar-refractivity contribution in [1.82, 2.24) is 4.90 Å². The number of carbonyl (C=O) groups excluding carboxylic acids is 1. The first-order chi connectivity index (χ1) is 7.02. The Hall–Kier alpha value is -0.570. The van der Waals surface area contributed by atoms with E-state index < -0.39 is 0 Å². The Morgan fingerprint density at radius 2 is 2.13 bits per heavy atom. The van der Waals surface area contributed by atoms with Crippen molar-refractivity contribution >= 4 is 5.91 Å². The second-order valence-electron chi connectivity index (χ2n) is 5.11. The summed E-state index contributed by atoms with van der Waals surface area (Å²) in [6.07, 6.45) is 4.29. The lowest BCUT2D eigenvalue weighted by Crippen LogP contribution is -2.50. The molecule has 1 rings (SSSR count). The number of piperidine rings is 1. The van der Waals surface area contributed by atoms with E-state index in [4.69, 9.17) is 5.73 Å². The minimum Gasteiger partial charge on any atom is -0.339 e. The van der Waals surface area contributed by atoms with Crippen LogP contribution in [0.3, 0.4) is 0 Å². The molecule has 15 heavy (non-hydrogen) atoms. The highest BCUT2D eigenvalue weighted by Crippen LogP contribution is 2.18.